The van der Waals surface area contributed by atoms with Crippen LogP contribution in [0.2, 0.25) is 0 Å². The van der Waals surface area contributed by atoms with E-state index in [1.807, 2.05) is 55.2 Å². The molecule has 1 saturated heterocycles. The molecule has 0 unspecified atom stereocenters. The van der Waals surface area contributed by atoms with Gasteiger partial charge in [-0.2, -0.15) is 0 Å². The largest absolute Gasteiger partial charge is 0.369 e. The molecule has 5 aromatic rings. The van der Waals surface area contributed by atoms with Gasteiger partial charge in [-0.05, 0) is 49.0 Å². The molecule has 7 nitrogen and oxygen atoms in total. The van der Waals surface area contributed by atoms with Crippen molar-refractivity contribution in [2.45, 2.75) is 0 Å². The van der Waals surface area contributed by atoms with E-state index in [2.05, 4.69) is 50.3 Å². The molecular weight excluding hydrogens is 456 g/mol. The maximum absolute atomic E-state index is 13.3. The number of nitrogens with one attached hydrogen (secondary N) is 1. The third-order valence-corrected chi connectivity index (χ3v) is 7.55. The molecule has 176 valence electrons. The number of anilines is 3. The van der Waals surface area contributed by atoms with E-state index in [1.165, 1.54) is 5.69 Å². The Kier molecular flexibility index (Phi) is 5.47. The Bertz CT molecular complexity index is 1600. The second-order valence-corrected chi connectivity index (χ2v) is 9.94. The zero-order chi connectivity index (χ0) is 23.9. The van der Waals surface area contributed by atoms with Gasteiger partial charge in [0.25, 0.3) is 5.56 Å². The first-order valence-corrected chi connectivity index (χ1v) is 12.6. The van der Waals surface area contributed by atoms with Crippen molar-refractivity contribution in [3.63, 3.8) is 0 Å². The van der Waals surface area contributed by atoms with E-state index < -0.39 is 0 Å². The molecule has 1 aliphatic heterocycles. The molecule has 8 heteroatoms. The molecule has 3 aromatic heterocycles. The zero-order valence-corrected chi connectivity index (χ0v) is 20.5. The lowest BCUT2D eigenvalue weighted by Crippen LogP contribution is -2.44. The Balaban J connectivity index is 1.31. The second-order valence-electron chi connectivity index (χ2n) is 9.05. The third-order valence-electron chi connectivity index (χ3n) is 6.74. The molecule has 35 heavy (non-hydrogen) atoms. The number of hydrogen-bond donors (Lipinski definition) is 1. The van der Waals surface area contributed by atoms with Crippen LogP contribution in [0.15, 0.2) is 71.1 Å². The van der Waals surface area contributed by atoms with Crippen LogP contribution < -0.4 is 15.8 Å². The van der Waals surface area contributed by atoms with Gasteiger partial charge in [0.05, 0.1) is 21.2 Å². The minimum atomic E-state index is -0.0405. The van der Waals surface area contributed by atoms with Crippen LogP contribution >= 0.6 is 11.3 Å². The Morgan fingerprint density at radius 3 is 2.66 bits per heavy atom. The number of benzene rings is 2. The summed E-state index contributed by atoms with van der Waals surface area (Å²) >= 11 is 1.60. The Hall–Kier alpha value is -3.75. The van der Waals surface area contributed by atoms with Gasteiger partial charge < -0.3 is 19.7 Å². The Labute approximate surface area is 207 Å². The minimum absolute atomic E-state index is 0.0405. The summed E-state index contributed by atoms with van der Waals surface area (Å²) in [4.78, 5) is 27.1. The zero-order valence-electron chi connectivity index (χ0n) is 19.7. The van der Waals surface area contributed by atoms with E-state index in [9.17, 15) is 4.79 Å². The van der Waals surface area contributed by atoms with Gasteiger partial charge in [0.1, 0.15) is 5.82 Å². The number of fused-ring (bicyclic) bond motifs is 2. The van der Waals surface area contributed by atoms with E-state index in [0.717, 1.165) is 58.5 Å². The molecule has 0 saturated carbocycles. The van der Waals surface area contributed by atoms with Crippen molar-refractivity contribution in [3.8, 4) is 11.1 Å². The number of nitrogens with zero attached hydrogens (tertiary/aromatic N) is 5. The van der Waals surface area contributed by atoms with Crippen LogP contribution in [0.3, 0.4) is 0 Å². The summed E-state index contributed by atoms with van der Waals surface area (Å²) < 4.78 is 2.81. The molecular formula is C27H26N6OS. The van der Waals surface area contributed by atoms with Crippen LogP contribution in [0.25, 0.3) is 32.2 Å². The lowest BCUT2D eigenvalue weighted by Gasteiger charge is -2.34. The number of thiazole rings is 1. The molecule has 0 atom stereocenters. The average Bonchev–Trinajstić information content (AvgIpc) is 3.35. The number of likely N-dealkylation sites (N-methyl/N-ethyl adjacent to an activating group) is 1. The van der Waals surface area contributed by atoms with Gasteiger partial charge in [0.2, 0.25) is 0 Å². The monoisotopic (exact) mass is 482 g/mol. The number of piperazine rings is 1. The van der Waals surface area contributed by atoms with Gasteiger partial charge in [-0.3, -0.25) is 4.79 Å². The summed E-state index contributed by atoms with van der Waals surface area (Å²) in [6, 6.07) is 18.3. The fourth-order valence-corrected chi connectivity index (χ4v) is 5.32. The average molecular weight is 483 g/mol. The normalized spacial score (nSPS) is 14.6. The van der Waals surface area contributed by atoms with Crippen molar-refractivity contribution in [2.75, 3.05) is 43.4 Å². The minimum Gasteiger partial charge on any atom is -0.369 e. The number of pyridine rings is 2. The van der Waals surface area contributed by atoms with E-state index >= 15 is 0 Å². The first kappa shape index (κ1) is 21.8. The molecule has 0 amide bonds. The van der Waals surface area contributed by atoms with Gasteiger partial charge >= 0.3 is 0 Å². The lowest BCUT2D eigenvalue weighted by molar-refractivity contribution is 0.313. The molecule has 0 radical (unpaired) electrons. The van der Waals surface area contributed by atoms with E-state index in [4.69, 9.17) is 0 Å². The van der Waals surface area contributed by atoms with Gasteiger partial charge in [0.15, 0.2) is 0 Å². The summed E-state index contributed by atoms with van der Waals surface area (Å²) in [5, 5.41) is 4.34. The van der Waals surface area contributed by atoms with Crippen molar-refractivity contribution < 1.29 is 0 Å². The molecule has 0 aliphatic carbocycles. The van der Waals surface area contributed by atoms with Gasteiger partial charge in [-0.25, -0.2) is 9.97 Å². The molecule has 6 rings (SSSR count). The maximum atomic E-state index is 13.3. The highest BCUT2D eigenvalue weighted by Crippen LogP contribution is 2.28. The first-order chi connectivity index (χ1) is 17.0. The standard InChI is InChI=1S/C27H26N6OS/c1-31-8-10-33(11-9-31)21-5-3-4-20(14-21)30-26-15-24-19(16-28-26)12-22(27(34)32(24)2)18-6-7-25-23(13-18)29-17-35-25/h3-7,12-17H,8-11H2,1-2H3,(H,28,30). The first-order valence-electron chi connectivity index (χ1n) is 11.7. The van der Waals surface area contributed by atoms with Crippen molar-refractivity contribution in [1.82, 2.24) is 19.4 Å². The Morgan fingerprint density at radius 2 is 1.80 bits per heavy atom. The second kappa shape index (κ2) is 8.79. The van der Waals surface area contributed by atoms with Crippen molar-refractivity contribution in [1.29, 1.82) is 0 Å². The molecule has 1 N–H and O–H groups in total. The Morgan fingerprint density at radius 1 is 0.943 bits per heavy atom. The number of aromatic nitrogens is 3. The van der Waals surface area contributed by atoms with E-state index in [-0.39, 0.29) is 5.56 Å². The summed E-state index contributed by atoms with van der Waals surface area (Å²) in [5.74, 6) is 0.708. The number of aryl methyl sites for hydroxylation is 1. The maximum Gasteiger partial charge on any atom is 0.258 e. The molecule has 1 aliphatic rings. The van der Waals surface area contributed by atoms with Crippen molar-refractivity contribution >= 4 is 49.6 Å². The van der Waals surface area contributed by atoms with Gasteiger partial charge in [-0.1, -0.05) is 12.1 Å². The summed E-state index contributed by atoms with van der Waals surface area (Å²) in [7, 11) is 3.98. The van der Waals surface area contributed by atoms with Crippen LogP contribution in [0.5, 0.6) is 0 Å². The van der Waals surface area contributed by atoms with Crippen molar-refractivity contribution in [3.05, 3.63) is 76.7 Å². The SMILES string of the molecule is CN1CCN(c2cccc(Nc3cc4c(cn3)cc(-c3ccc5scnc5c3)c(=O)n4C)c2)CC1. The van der Waals surface area contributed by atoms with Crippen LogP contribution in [0, 0.1) is 0 Å². The highest BCUT2D eigenvalue weighted by Gasteiger charge is 2.15. The predicted octanol–water partition coefficient (Wildman–Crippen LogP) is 4.71. The van der Waals surface area contributed by atoms with Crippen LogP contribution in [-0.2, 0) is 7.05 Å². The molecule has 1 fully saturated rings. The molecule has 0 bridgehead atoms. The van der Waals surface area contributed by atoms with Gasteiger partial charge in [-0.15, -0.1) is 11.3 Å². The molecule has 0 spiro atoms. The lowest BCUT2D eigenvalue weighted by atomic mass is 10.0. The highest BCUT2D eigenvalue weighted by atomic mass is 32.1. The summed E-state index contributed by atoms with van der Waals surface area (Å²) in [6.45, 7) is 4.18. The van der Waals surface area contributed by atoms with Crippen LogP contribution in [0.4, 0.5) is 17.2 Å². The van der Waals surface area contributed by atoms with Crippen molar-refractivity contribution in [2.24, 2.45) is 7.05 Å². The molecule has 2 aromatic carbocycles. The summed E-state index contributed by atoms with van der Waals surface area (Å²) in [5.41, 5.74) is 7.23. The van der Waals surface area contributed by atoms with E-state index in [1.54, 1.807) is 15.9 Å². The van der Waals surface area contributed by atoms with Gasteiger partial charge in [0, 0.05) is 67.8 Å². The topological polar surface area (TPSA) is 66.3 Å². The third kappa shape index (κ3) is 4.15. The highest BCUT2D eigenvalue weighted by molar-refractivity contribution is 7.16. The number of hydrogen-bond acceptors (Lipinski definition) is 7. The predicted molar refractivity (Wildman–Crippen MR) is 145 cm³/mol. The fraction of sp³-hybridized carbons (Fsp3) is 0.222. The smallest absolute Gasteiger partial charge is 0.258 e. The number of rotatable bonds is 4. The summed E-state index contributed by atoms with van der Waals surface area (Å²) in [6.07, 6.45) is 1.83. The van der Waals surface area contributed by atoms with E-state index in [0.29, 0.717) is 11.4 Å². The van der Waals surface area contributed by atoms with Crippen LogP contribution in [0.1, 0.15) is 0 Å². The fourth-order valence-electron chi connectivity index (χ4n) is 4.66. The van der Waals surface area contributed by atoms with Crippen LogP contribution in [-0.4, -0.2) is 52.7 Å². The molecule has 4 heterocycles. The quantitative estimate of drug-likeness (QED) is 0.400.